The highest BCUT2D eigenvalue weighted by Gasteiger charge is 2.05. The van der Waals surface area contributed by atoms with Gasteiger partial charge in [0.2, 0.25) is 0 Å². The van der Waals surface area contributed by atoms with E-state index in [1.807, 2.05) is 30.9 Å². The molecule has 0 spiro atoms. The number of rotatable bonds is 1. The van der Waals surface area contributed by atoms with Crippen LogP contribution in [0.3, 0.4) is 0 Å². The van der Waals surface area contributed by atoms with Crippen LogP contribution in [-0.4, -0.2) is 14.8 Å². The van der Waals surface area contributed by atoms with E-state index in [9.17, 15) is 0 Å². The summed E-state index contributed by atoms with van der Waals surface area (Å²) in [7, 11) is 1.92. The van der Waals surface area contributed by atoms with Crippen molar-refractivity contribution >= 4 is 5.82 Å². The second-order valence-corrected chi connectivity index (χ2v) is 3.24. The first kappa shape index (κ1) is 8.74. The van der Waals surface area contributed by atoms with Crippen molar-refractivity contribution in [1.29, 1.82) is 0 Å². The van der Waals surface area contributed by atoms with Gasteiger partial charge in [-0.25, -0.2) is 4.98 Å². The zero-order chi connectivity index (χ0) is 10.1. The second-order valence-electron chi connectivity index (χ2n) is 3.24. The molecule has 0 aromatic carbocycles. The third-order valence-corrected chi connectivity index (χ3v) is 2.33. The van der Waals surface area contributed by atoms with Gasteiger partial charge in [-0.3, -0.25) is 4.68 Å². The number of pyridine rings is 1. The van der Waals surface area contributed by atoms with E-state index in [4.69, 9.17) is 5.73 Å². The smallest absolute Gasteiger partial charge is 0.123 e. The average molecular weight is 188 g/mol. The molecule has 72 valence electrons. The summed E-state index contributed by atoms with van der Waals surface area (Å²) in [5, 5.41) is 4.17. The van der Waals surface area contributed by atoms with Crippen LogP contribution in [-0.2, 0) is 7.05 Å². The fourth-order valence-corrected chi connectivity index (χ4v) is 1.35. The number of aromatic nitrogens is 3. The first-order valence-electron chi connectivity index (χ1n) is 4.39. The predicted octanol–water partition coefficient (Wildman–Crippen LogP) is 1.37. The Hall–Kier alpha value is -1.84. The summed E-state index contributed by atoms with van der Waals surface area (Å²) < 4.78 is 1.84. The molecule has 0 unspecified atom stereocenters. The third kappa shape index (κ3) is 1.35. The minimum absolute atomic E-state index is 0.537. The highest BCUT2D eigenvalue weighted by Crippen LogP contribution is 2.21. The summed E-state index contributed by atoms with van der Waals surface area (Å²) in [6.45, 7) is 2.03. The van der Waals surface area contributed by atoms with Crippen LogP contribution >= 0.6 is 0 Å². The van der Waals surface area contributed by atoms with Crippen LogP contribution in [0.15, 0.2) is 24.5 Å². The molecule has 4 nitrogen and oxygen atoms in total. The van der Waals surface area contributed by atoms with E-state index < -0.39 is 0 Å². The number of nitrogens with two attached hydrogens (primary N) is 1. The molecule has 0 aliphatic rings. The lowest BCUT2D eigenvalue weighted by Gasteiger charge is -2.00. The van der Waals surface area contributed by atoms with Crippen molar-refractivity contribution in [2.24, 2.45) is 7.05 Å². The molecule has 0 aliphatic carbocycles. The lowest BCUT2D eigenvalue weighted by molar-refractivity contribution is 0.740. The van der Waals surface area contributed by atoms with Gasteiger partial charge in [-0.15, -0.1) is 0 Å². The van der Waals surface area contributed by atoms with Crippen LogP contribution in [0.1, 0.15) is 5.69 Å². The van der Waals surface area contributed by atoms with Crippen LogP contribution in [0.5, 0.6) is 0 Å². The molecule has 4 heteroatoms. The van der Waals surface area contributed by atoms with Crippen LogP contribution in [0, 0.1) is 6.92 Å². The second kappa shape index (κ2) is 3.14. The van der Waals surface area contributed by atoms with Crippen LogP contribution < -0.4 is 5.73 Å². The van der Waals surface area contributed by atoms with E-state index in [1.54, 1.807) is 12.3 Å². The van der Waals surface area contributed by atoms with Crippen molar-refractivity contribution in [3.63, 3.8) is 0 Å². The van der Waals surface area contributed by atoms with Crippen molar-refractivity contribution in [3.05, 3.63) is 30.2 Å². The van der Waals surface area contributed by atoms with E-state index in [0.29, 0.717) is 5.82 Å². The number of aryl methyl sites for hydroxylation is 1. The van der Waals surface area contributed by atoms with Gasteiger partial charge in [0.25, 0.3) is 0 Å². The van der Waals surface area contributed by atoms with E-state index in [0.717, 1.165) is 16.8 Å². The van der Waals surface area contributed by atoms with Gasteiger partial charge in [0, 0.05) is 30.1 Å². The molecule has 14 heavy (non-hydrogen) atoms. The monoisotopic (exact) mass is 188 g/mol. The predicted molar refractivity (Wildman–Crippen MR) is 55.6 cm³/mol. The van der Waals surface area contributed by atoms with Crippen molar-refractivity contribution in [2.45, 2.75) is 6.92 Å². The zero-order valence-corrected chi connectivity index (χ0v) is 8.23. The lowest BCUT2D eigenvalue weighted by atomic mass is 10.1. The van der Waals surface area contributed by atoms with Crippen LogP contribution in [0.4, 0.5) is 5.82 Å². The van der Waals surface area contributed by atoms with Gasteiger partial charge < -0.3 is 5.73 Å². The summed E-state index contributed by atoms with van der Waals surface area (Å²) in [5.41, 5.74) is 8.78. The van der Waals surface area contributed by atoms with Gasteiger partial charge in [0.15, 0.2) is 0 Å². The summed E-state index contributed by atoms with van der Waals surface area (Å²) >= 11 is 0. The molecule has 2 N–H and O–H groups in total. The Kier molecular flexibility index (Phi) is 1.96. The first-order chi connectivity index (χ1) is 6.68. The maximum Gasteiger partial charge on any atom is 0.123 e. The van der Waals surface area contributed by atoms with E-state index in [1.165, 1.54) is 0 Å². The van der Waals surface area contributed by atoms with Crippen molar-refractivity contribution in [1.82, 2.24) is 14.8 Å². The summed E-state index contributed by atoms with van der Waals surface area (Å²) in [6, 6.07) is 3.74. The van der Waals surface area contributed by atoms with E-state index in [-0.39, 0.29) is 0 Å². The summed E-state index contributed by atoms with van der Waals surface area (Å²) in [5.74, 6) is 0.537. The number of nitrogens with zero attached hydrogens (tertiary/aromatic N) is 3. The molecule has 0 bridgehead atoms. The molecule has 0 radical (unpaired) electrons. The van der Waals surface area contributed by atoms with Crippen molar-refractivity contribution in [2.75, 3.05) is 5.73 Å². The molecule has 2 rings (SSSR count). The highest BCUT2D eigenvalue weighted by atomic mass is 15.3. The summed E-state index contributed by atoms with van der Waals surface area (Å²) in [4.78, 5) is 4.05. The maximum absolute atomic E-state index is 5.52. The number of hydrogen-bond acceptors (Lipinski definition) is 3. The van der Waals surface area contributed by atoms with Crippen molar-refractivity contribution < 1.29 is 0 Å². The molecule has 0 amide bonds. The molecule has 0 saturated carbocycles. The highest BCUT2D eigenvalue weighted by molar-refractivity contribution is 5.64. The molecule has 2 aromatic rings. The maximum atomic E-state index is 5.52. The topological polar surface area (TPSA) is 56.7 Å². The Labute approximate surface area is 82.4 Å². The number of hydrogen-bond donors (Lipinski definition) is 1. The Morgan fingerprint density at radius 1 is 1.29 bits per heavy atom. The molecule has 0 aliphatic heterocycles. The molecule has 0 fully saturated rings. The summed E-state index contributed by atoms with van der Waals surface area (Å²) in [6.07, 6.45) is 3.60. The Morgan fingerprint density at radius 3 is 2.57 bits per heavy atom. The van der Waals surface area contributed by atoms with E-state index >= 15 is 0 Å². The Morgan fingerprint density at radius 2 is 2.07 bits per heavy atom. The molecule has 2 aromatic heterocycles. The molecule has 0 atom stereocenters. The standard InChI is InChI=1S/C10H12N4/c1-7-9(6-13-14(7)2)8-3-4-10(11)12-5-8/h3-6H,1-2H3,(H2,11,12). The van der Waals surface area contributed by atoms with Gasteiger partial charge in [-0.05, 0) is 19.1 Å². The quantitative estimate of drug-likeness (QED) is 0.735. The zero-order valence-electron chi connectivity index (χ0n) is 8.23. The number of nitrogen functional groups attached to an aromatic ring is 1. The lowest BCUT2D eigenvalue weighted by Crippen LogP contribution is -1.93. The average Bonchev–Trinajstić information content (AvgIpc) is 2.50. The Bertz CT molecular complexity index is 442. The minimum Gasteiger partial charge on any atom is -0.384 e. The fourth-order valence-electron chi connectivity index (χ4n) is 1.35. The van der Waals surface area contributed by atoms with Crippen LogP contribution in [0.25, 0.3) is 11.1 Å². The number of anilines is 1. The van der Waals surface area contributed by atoms with E-state index in [2.05, 4.69) is 10.1 Å². The Balaban J connectivity index is 2.49. The van der Waals surface area contributed by atoms with Gasteiger partial charge in [0.05, 0.1) is 6.20 Å². The first-order valence-corrected chi connectivity index (χ1v) is 4.39. The van der Waals surface area contributed by atoms with Gasteiger partial charge in [0.1, 0.15) is 5.82 Å². The normalized spacial score (nSPS) is 10.4. The fraction of sp³-hybridized carbons (Fsp3) is 0.200. The third-order valence-electron chi connectivity index (χ3n) is 2.33. The minimum atomic E-state index is 0.537. The van der Waals surface area contributed by atoms with Crippen molar-refractivity contribution in [3.8, 4) is 11.1 Å². The van der Waals surface area contributed by atoms with Crippen LogP contribution in [0.2, 0.25) is 0 Å². The molecule has 0 saturated heterocycles. The molecule has 2 heterocycles. The van der Waals surface area contributed by atoms with Gasteiger partial charge in [-0.2, -0.15) is 5.10 Å². The van der Waals surface area contributed by atoms with Gasteiger partial charge >= 0.3 is 0 Å². The largest absolute Gasteiger partial charge is 0.384 e. The molecular weight excluding hydrogens is 176 g/mol. The SMILES string of the molecule is Cc1c(-c2ccc(N)nc2)cnn1C. The van der Waals surface area contributed by atoms with Gasteiger partial charge in [-0.1, -0.05) is 0 Å². The molecular formula is C10H12N4.